The lowest BCUT2D eigenvalue weighted by Gasteiger charge is -2.16. The van der Waals surface area contributed by atoms with Crippen molar-refractivity contribution in [2.75, 3.05) is 5.32 Å². The first-order valence-corrected chi connectivity index (χ1v) is 10.9. The number of halogens is 2. The van der Waals surface area contributed by atoms with Crippen LogP contribution < -0.4 is 16.2 Å². The Labute approximate surface area is 199 Å². The molecular formula is C23H23ClFN8O+. The van der Waals surface area contributed by atoms with Crippen molar-refractivity contribution in [3.63, 3.8) is 0 Å². The molecule has 0 spiro atoms. The molecule has 174 valence electrons. The molecule has 0 aliphatic heterocycles. The Hall–Kier alpha value is -3.89. The fourth-order valence-corrected chi connectivity index (χ4v) is 3.83. The van der Waals surface area contributed by atoms with Gasteiger partial charge in [0.15, 0.2) is 0 Å². The van der Waals surface area contributed by atoms with Gasteiger partial charge in [-0.15, -0.1) is 5.10 Å². The van der Waals surface area contributed by atoms with E-state index < -0.39 is 5.56 Å². The summed E-state index contributed by atoms with van der Waals surface area (Å²) in [5, 5.41) is 20.9. The van der Waals surface area contributed by atoms with Crippen LogP contribution in [0.1, 0.15) is 29.8 Å². The molecule has 1 atom stereocenters. The molecule has 0 aliphatic rings. The summed E-state index contributed by atoms with van der Waals surface area (Å²) < 4.78 is 17.0. The van der Waals surface area contributed by atoms with E-state index in [1.54, 1.807) is 59.8 Å². The van der Waals surface area contributed by atoms with E-state index in [0.717, 1.165) is 11.9 Å². The minimum Gasteiger partial charge on any atom is -0.362 e. The summed E-state index contributed by atoms with van der Waals surface area (Å²) in [6, 6.07) is 9.68. The average Bonchev–Trinajstić information content (AvgIpc) is 3.26. The second-order valence-electron chi connectivity index (χ2n) is 7.67. The normalized spacial score (nSPS) is 11.9. The summed E-state index contributed by atoms with van der Waals surface area (Å²) >= 11 is 6.38. The molecule has 4 rings (SSSR count). The first-order chi connectivity index (χ1) is 16.4. The number of rotatable bonds is 8. The van der Waals surface area contributed by atoms with Gasteiger partial charge in [-0.2, -0.15) is 0 Å². The molecule has 0 amide bonds. The van der Waals surface area contributed by atoms with Crippen LogP contribution in [0, 0.1) is 11.2 Å². The van der Waals surface area contributed by atoms with Crippen molar-refractivity contribution in [1.29, 1.82) is 5.41 Å². The third-order valence-corrected chi connectivity index (χ3v) is 5.75. The van der Waals surface area contributed by atoms with Crippen LogP contribution in [-0.4, -0.2) is 30.8 Å². The lowest BCUT2D eigenvalue weighted by Crippen LogP contribution is -2.77. The third kappa shape index (κ3) is 4.73. The molecule has 0 bridgehead atoms. The molecule has 0 radical (unpaired) electrons. The molecule has 4 N–H and O–H groups in total. The average molecular weight is 482 g/mol. The van der Waals surface area contributed by atoms with E-state index >= 15 is 0 Å². The SMILES string of the molecule is C[C@@H](Nc1cc(-n2ccc([NH2+]Cc3ccccc3F)c(C=N)c2=O)c(Cl)cn1)c1cnnn1C. The summed E-state index contributed by atoms with van der Waals surface area (Å²) in [4.78, 5) is 17.5. The number of pyridine rings is 2. The largest absolute Gasteiger partial charge is 0.362 e. The van der Waals surface area contributed by atoms with Gasteiger partial charge in [0, 0.05) is 37.2 Å². The third-order valence-electron chi connectivity index (χ3n) is 5.46. The van der Waals surface area contributed by atoms with Gasteiger partial charge in [-0.3, -0.25) is 14.0 Å². The molecule has 1 aromatic carbocycles. The smallest absolute Gasteiger partial charge is 0.270 e. The summed E-state index contributed by atoms with van der Waals surface area (Å²) in [7, 11) is 1.80. The second kappa shape index (κ2) is 9.94. The number of quaternary nitrogens is 1. The molecule has 11 heteroatoms. The van der Waals surface area contributed by atoms with Gasteiger partial charge in [0.25, 0.3) is 5.56 Å². The summed E-state index contributed by atoms with van der Waals surface area (Å²) in [5.41, 5.74) is 2.09. The number of hydrogen-bond donors (Lipinski definition) is 3. The molecule has 0 unspecified atom stereocenters. The van der Waals surface area contributed by atoms with Crippen LogP contribution in [-0.2, 0) is 13.6 Å². The van der Waals surface area contributed by atoms with Crippen LogP contribution in [0.25, 0.3) is 5.69 Å². The fraction of sp³-hybridized carbons (Fsp3) is 0.174. The fourth-order valence-electron chi connectivity index (χ4n) is 3.64. The number of nitrogens with two attached hydrogens (primary N) is 1. The molecule has 0 aliphatic carbocycles. The van der Waals surface area contributed by atoms with Gasteiger partial charge in [0.2, 0.25) is 0 Å². The Morgan fingerprint density at radius 2 is 2.09 bits per heavy atom. The number of nitrogens with zero attached hydrogens (tertiary/aromatic N) is 5. The number of hydrogen-bond acceptors (Lipinski definition) is 6. The zero-order valence-corrected chi connectivity index (χ0v) is 19.3. The van der Waals surface area contributed by atoms with Crippen molar-refractivity contribution in [2.45, 2.75) is 19.5 Å². The van der Waals surface area contributed by atoms with E-state index in [4.69, 9.17) is 17.0 Å². The zero-order valence-electron chi connectivity index (χ0n) is 18.5. The standard InChI is InChI=1S/C23H22ClFN8O/c1-14(21-13-29-31-32(21)2)30-22-9-20(17(24)12-28-22)33-8-7-19(16(10-26)23(33)34)27-11-15-5-3-4-6-18(15)25/h3-10,12-14,26-27H,11H2,1-2H3,(H,28,30)/p+1/t14-/m1/s1. The second-order valence-corrected chi connectivity index (χ2v) is 8.08. The predicted octanol–water partition coefficient (Wildman–Crippen LogP) is 2.72. The van der Waals surface area contributed by atoms with Crippen LogP contribution in [0.4, 0.5) is 15.9 Å². The minimum absolute atomic E-state index is 0.147. The Bertz CT molecular complexity index is 1400. The van der Waals surface area contributed by atoms with E-state index in [-0.39, 0.29) is 22.4 Å². The highest BCUT2D eigenvalue weighted by Crippen LogP contribution is 2.24. The molecule has 0 saturated carbocycles. The maximum atomic E-state index is 14.0. The highest BCUT2D eigenvalue weighted by atomic mass is 35.5. The van der Waals surface area contributed by atoms with E-state index in [1.165, 1.54) is 16.8 Å². The topological polar surface area (TPSA) is 118 Å². The van der Waals surface area contributed by atoms with E-state index in [1.807, 2.05) is 6.92 Å². The first-order valence-electron chi connectivity index (χ1n) is 10.5. The molecule has 9 nitrogen and oxygen atoms in total. The molecule has 3 aromatic heterocycles. The van der Waals surface area contributed by atoms with Gasteiger partial charge in [0.05, 0.1) is 34.8 Å². The minimum atomic E-state index is -0.416. The molecule has 0 saturated heterocycles. The van der Waals surface area contributed by atoms with Crippen LogP contribution in [0.2, 0.25) is 5.02 Å². The lowest BCUT2D eigenvalue weighted by molar-refractivity contribution is -0.589. The predicted molar refractivity (Wildman–Crippen MR) is 127 cm³/mol. The van der Waals surface area contributed by atoms with E-state index in [9.17, 15) is 9.18 Å². The number of aromatic nitrogens is 5. The van der Waals surface area contributed by atoms with Crippen molar-refractivity contribution < 1.29 is 9.71 Å². The molecule has 4 aromatic rings. The Morgan fingerprint density at radius 3 is 2.79 bits per heavy atom. The molecular weight excluding hydrogens is 459 g/mol. The van der Waals surface area contributed by atoms with Gasteiger partial charge >= 0.3 is 0 Å². The number of nitrogens with one attached hydrogen (secondary N) is 2. The zero-order chi connectivity index (χ0) is 24.2. The van der Waals surface area contributed by atoms with Gasteiger partial charge in [-0.05, 0) is 13.0 Å². The maximum Gasteiger partial charge on any atom is 0.270 e. The highest BCUT2D eigenvalue weighted by Gasteiger charge is 2.17. The number of aryl methyl sites for hydroxylation is 1. The molecule has 34 heavy (non-hydrogen) atoms. The number of benzene rings is 1. The van der Waals surface area contributed by atoms with Crippen molar-refractivity contribution in [3.8, 4) is 5.69 Å². The van der Waals surface area contributed by atoms with Crippen LogP contribution >= 0.6 is 11.6 Å². The first kappa shape index (κ1) is 23.3. The molecule has 0 fully saturated rings. The van der Waals surface area contributed by atoms with Crippen molar-refractivity contribution >= 4 is 29.3 Å². The summed E-state index contributed by atoms with van der Waals surface area (Å²) in [6.45, 7) is 2.23. The number of anilines is 1. The van der Waals surface area contributed by atoms with Crippen molar-refractivity contribution in [1.82, 2.24) is 24.5 Å². The Balaban J connectivity index is 1.63. The van der Waals surface area contributed by atoms with Crippen molar-refractivity contribution in [3.05, 3.63) is 93.0 Å². The maximum absolute atomic E-state index is 14.0. The molecule has 3 heterocycles. The van der Waals surface area contributed by atoms with Gasteiger partial charge in [-0.25, -0.2) is 9.37 Å². The van der Waals surface area contributed by atoms with Crippen LogP contribution in [0.15, 0.2) is 59.8 Å². The van der Waals surface area contributed by atoms with Gasteiger partial charge < -0.3 is 16.0 Å². The quantitative estimate of drug-likeness (QED) is 0.334. The summed E-state index contributed by atoms with van der Waals surface area (Å²) in [6.07, 6.45) is 5.70. The van der Waals surface area contributed by atoms with Crippen LogP contribution in [0.3, 0.4) is 0 Å². The van der Waals surface area contributed by atoms with Crippen LogP contribution in [0.5, 0.6) is 0 Å². The summed E-state index contributed by atoms with van der Waals surface area (Å²) in [5.74, 6) is 0.190. The lowest BCUT2D eigenvalue weighted by atomic mass is 10.2. The monoisotopic (exact) mass is 481 g/mol. The Kier molecular flexibility index (Phi) is 6.80. The van der Waals surface area contributed by atoms with E-state index in [2.05, 4.69) is 20.6 Å². The van der Waals surface area contributed by atoms with E-state index in [0.29, 0.717) is 29.3 Å². The van der Waals surface area contributed by atoms with Crippen molar-refractivity contribution in [2.24, 2.45) is 7.05 Å². The van der Waals surface area contributed by atoms with Gasteiger partial charge in [0.1, 0.15) is 29.4 Å². The highest BCUT2D eigenvalue weighted by molar-refractivity contribution is 6.32. The van der Waals surface area contributed by atoms with Gasteiger partial charge in [-0.1, -0.05) is 35.0 Å². The Morgan fingerprint density at radius 1 is 1.29 bits per heavy atom.